The number of carbonyl (C=O) groups is 1. The first-order valence-electron chi connectivity index (χ1n) is 9.34. The summed E-state index contributed by atoms with van der Waals surface area (Å²) < 4.78 is 43.2. The van der Waals surface area contributed by atoms with E-state index in [4.69, 9.17) is 14.2 Å². The fraction of sp³-hybridized carbons (Fsp3) is 0.318. The summed E-state index contributed by atoms with van der Waals surface area (Å²) in [4.78, 5) is 14.5. The summed E-state index contributed by atoms with van der Waals surface area (Å²) in [6.07, 6.45) is 2.51. The van der Waals surface area contributed by atoms with E-state index in [9.17, 15) is 13.6 Å². The van der Waals surface area contributed by atoms with E-state index in [1.165, 1.54) is 13.2 Å². The van der Waals surface area contributed by atoms with E-state index in [2.05, 4.69) is 6.58 Å². The second-order valence-corrected chi connectivity index (χ2v) is 6.65. The lowest BCUT2D eigenvalue weighted by atomic mass is 10.1. The molecule has 1 saturated heterocycles. The number of carbonyl (C=O) groups excluding carboxylic acids is 1. The van der Waals surface area contributed by atoms with Crippen LogP contribution in [-0.2, 0) is 0 Å². The third-order valence-corrected chi connectivity index (χ3v) is 4.68. The maximum absolute atomic E-state index is 13.8. The summed E-state index contributed by atoms with van der Waals surface area (Å²) in [5, 5.41) is 0. The average Bonchev–Trinajstić information content (AvgIpc) is 2.74. The predicted octanol–water partition coefficient (Wildman–Crippen LogP) is 4.22. The molecule has 1 amide bonds. The first-order chi connectivity index (χ1) is 14.0. The zero-order valence-electron chi connectivity index (χ0n) is 16.2. The second-order valence-electron chi connectivity index (χ2n) is 6.65. The summed E-state index contributed by atoms with van der Waals surface area (Å²) in [5.41, 5.74) is 0.497. The Morgan fingerprint density at radius 3 is 2.52 bits per heavy atom. The largest absolute Gasteiger partial charge is 0.493 e. The highest BCUT2D eigenvalue weighted by molar-refractivity contribution is 5.95. The standard InChI is InChI=1S/C22H23F2NO4/c1-3-12-28-20-6-4-15(13-21(20)27-2)22(26)25-10-8-17(9-11-25)29-19-7-5-16(23)14-18(19)24/h3-7,13-14,17H,1,8-12H2,2H3. The van der Waals surface area contributed by atoms with Gasteiger partial charge in [0, 0.05) is 37.6 Å². The Labute approximate surface area is 168 Å². The van der Waals surface area contributed by atoms with Crippen molar-refractivity contribution in [3.8, 4) is 17.2 Å². The van der Waals surface area contributed by atoms with Crippen LogP contribution < -0.4 is 14.2 Å². The minimum atomic E-state index is -0.727. The van der Waals surface area contributed by atoms with Crippen molar-refractivity contribution >= 4 is 5.91 Å². The number of nitrogens with zero attached hydrogens (tertiary/aromatic N) is 1. The summed E-state index contributed by atoms with van der Waals surface area (Å²) in [5.74, 6) is -0.456. The molecule has 2 aromatic rings. The quantitative estimate of drug-likeness (QED) is 0.650. The summed E-state index contributed by atoms with van der Waals surface area (Å²) >= 11 is 0. The van der Waals surface area contributed by atoms with E-state index in [1.54, 1.807) is 29.2 Å². The molecular formula is C22H23F2NO4. The van der Waals surface area contributed by atoms with Crippen LogP contribution in [-0.4, -0.2) is 43.7 Å². The monoisotopic (exact) mass is 403 g/mol. The van der Waals surface area contributed by atoms with Crippen molar-refractivity contribution < 1.29 is 27.8 Å². The summed E-state index contributed by atoms with van der Waals surface area (Å²) in [6, 6.07) is 8.28. The van der Waals surface area contributed by atoms with Gasteiger partial charge >= 0.3 is 0 Å². The molecular weight excluding hydrogens is 380 g/mol. The summed E-state index contributed by atoms with van der Waals surface area (Å²) in [7, 11) is 1.52. The molecule has 0 bridgehead atoms. The van der Waals surface area contributed by atoms with Gasteiger partial charge in [0.1, 0.15) is 18.5 Å². The van der Waals surface area contributed by atoms with Crippen LogP contribution in [0.5, 0.6) is 17.2 Å². The zero-order chi connectivity index (χ0) is 20.8. The minimum Gasteiger partial charge on any atom is -0.493 e. The van der Waals surface area contributed by atoms with Gasteiger partial charge in [-0.25, -0.2) is 8.78 Å². The number of hydrogen-bond donors (Lipinski definition) is 0. The van der Waals surface area contributed by atoms with E-state index in [1.807, 2.05) is 0 Å². The highest BCUT2D eigenvalue weighted by Crippen LogP contribution is 2.29. The molecule has 3 rings (SSSR count). The van der Waals surface area contributed by atoms with Gasteiger partial charge in [0.25, 0.3) is 5.91 Å². The van der Waals surface area contributed by atoms with Crippen molar-refractivity contribution in [2.45, 2.75) is 18.9 Å². The van der Waals surface area contributed by atoms with Gasteiger partial charge in [0.2, 0.25) is 0 Å². The van der Waals surface area contributed by atoms with Gasteiger partial charge in [-0.2, -0.15) is 0 Å². The molecule has 2 aromatic carbocycles. The third kappa shape index (κ3) is 5.04. The van der Waals surface area contributed by atoms with Gasteiger partial charge in [-0.1, -0.05) is 12.7 Å². The molecule has 1 fully saturated rings. The lowest BCUT2D eigenvalue weighted by Gasteiger charge is -2.32. The molecule has 0 radical (unpaired) electrons. The van der Waals surface area contributed by atoms with Crippen LogP contribution in [0.4, 0.5) is 8.78 Å². The van der Waals surface area contributed by atoms with Gasteiger partial charge in [-0.3, -0.25) is 4.79 Å². The Morgan fingerprint density at radius 2 is 1.86 bits per heavy atom. The number of rotatable bonds is 7. The summed E-state index contributed by atoms with van der Waals surface area (Å²) in [6.45, 7) is 4.90. The molecule has 7 heteroatoms. The fourth-order valence-electron chi connectivity index (χ4n) is 3.18. The van der Waals surface area contributed by atoms with Crippen molar-refractivity contribution in [1.29, 1.82) is 0 Å². The molecule has 0 unspecified atom stereocenters. The normalized spacial score (nSPS) is 14.4. The lowest BCUT2D eigenvalue weighted by molar-refractivity contribution is 0.0588. The van der Waals surface area contributed by atoms with Gasteiger partial charge in [0.05, 0.1) is 7.11 Å². The van der Waals surface area contributed by atoms with Gasteiger partial charge in [-0.05, 0) is 30.3 Å². The molecule has 1 aliphatic rings. The van der Waals surface area contributed by atoms with Crippen LogP contribution in [0.3, 0.4) is 0 Å². The van der Waals surface area contributed by atoms with Crippen molar-refractivity contribution in [2.24, 2.45) is 0 Å². The van der Waals surface area contributed by atoms with Crippen LogP contribution in [0.2, 0.25) is 0 Å². The Hall–Kier alpha value is -3.09. The van der Waals surface area contributed by atoms with E-state index in [0.29, 0.717) is 49.6 Å². The zero-order valence-corrected chi connectivity index (χ0v) is 16.2. The molecule has 5 nitrogen and oxygen atoms in total. The van der Waals surface area contributed by atoms with Crippen LogP contribution in [0.25, 0.3) is 0 Å². The van der Waals surface area contributed by atoms with Crippen molar-refractivity contribution in [3.63, 3.8) is 0 Å². The first kappa shape index (κ1) is 20.6. The molecule has 0 N–H and O–H groups in total. The number of benzene rings is 2. The molecule has 0 aliphatic carbocycles. The number of likely N-dealkylation sites (tertiary alicyclic amines) is 1. The number of amides is 1. The molecule has 0 aromatic heterocycles. The van der Waals surface area contributed by atoms with Gasteiger partial charge < -0.3 is 19.1 Å². The molecule has 1 heterocycles. The topological polar surface area (TPSA) is 48.0 Å². The van der Waals surface area contributed by atoms with E-state index in [-0.39, 0.29) is 17.8 Å². The van der Waals surface area contributed by atoms with Crippen LogP contribution in [0, 0.1) is 11.6 Å². The highest BCUT2D eigenvalue weighted by Gasteiger charge is 2.26. The molecule has 1 aliphatic heterocycles. The van der Waals surface area contributed by atoms with E-state index >= 15 is 0 Å². The number of ether oxygens (including phenoxy) is 3. The highest BCUT2D eigenvalue weighted by atomic mass is 19.1. The number of hydrogen-bond acceptors (Lipinski definition) is 4. The second kappa shape index (κ2) is 9.41. The van der Waals surface area contributed by atoms with Crippen LogP contribution >= 0.6 is 0 Å². The Morgan fingerprint density at radius 1 is 1.14 bits per heavy atom. The van der Waals surface area contributed by atoms with Crippen molar-refractivity contribution in [3.05, 3.63) is 66.3 Å². The minimum absolute atomic E-state index is 0.0241. The number of halogens is 2. The van der Waals surface area contributed by atoms with E-state index < -0.39 is 11.6 Å². The maximum atomic E-state index is 13.8. The number of piperidine rings is 1. The van der Waals surface area contributed by atoms with Crippen molar-refractivity contribution in [1.82, 2.24) is 4.90 Å². The molecule has 0 saturated carbocycles. The maximum Gasteiger partial charge on any atom is 0.253 e. The molecule has 0 atom stereocenters. The van der Waals surface area contributed by atoms with Crippen LogP contribution in [0.15, 0.2) is 49.1 Å². The average molecular weight is 403 g/mol. The van der Waals surface area contributed by atoms with Gasteiger partial charge in [-0.15, -0.1) is 0 Å². The SMILES string of the molecule is C=CCOc1ccc(C(=O)N2CCC(Oc3ccc(F)cc3F)CC2)cc1OC. The Kier molecular flexibility index (Phi) is 6.69. The predicted molar refractivity (Wildman–Crippen MR) is 105 cm³/mol. The van der Waals surface area contributed by atoms with Gasteiger partial charge in [0.15, 0.2) is 23.1 Å². The molecule has 154 valence electrons. The van der Waals surface area contributed by atoms with E-state index in [0.717, 1.165) is 12.1 Å². The fourth-order valence-corrected chi connectivity index (χ4v) is 3.18. The molecule has 0 spiro atoms. The number of methoxy groups -OCH3 is 1. The third-order valence-electron chi connectivity index (χ3n) is 4.68. The van der Waals surface area contributed by atoms with Crippen LogP contribution in [0.1, 0.15) is 23.2 Å². The Balaban J connectivity index is 1.60. The lowest BCUT2D eigenvalue weighted by Crippen LogP contribution is -2.41. The first-order valence-corrected chi connectivity index (χ1v) is 9.34. The molecule has 29 heavy (non-hydrogen) atoms. The Bertz CT molecular complexity index is 879. The van der Waals surface area contributed by atoms with Crippen molar-refractivity contribution in [2.75, 3.05) is 26.8 Å². The smallest absolute Gasteiger partial charge is 0.253 e.